The van der Waals surface area contributed by atoms with Crippen LogP contribution in [0.25, 0.3) is 0 Å². The predicted octanol–water partition coefficient (Wildman–Crippen LogP) is -0.369. The zero-order valence-electron chi connectivity index (χ0n) is 6.95. The molecule has 3 N–H and O–H groups in total. The van der Waals surface area contributed by atoms with Gasteiger partial charge in [-0.3, -0.25) is 4.68 Å². The van der Waals surface area contributed by atoms with Gasteiger partial charge in [0.1, 0.15) is 0 Å². The lowest BCUT2D eigenvalue weighted by Crippen LogP contribution is -2.31. The van der Waals surface area contributed by atoms with Gasteiger partial charge in [0.05, 0.1) is 0 Å². The van der Waals surface area contributed by atoms with E-state index >= 15 is 0 Å². The van der Waals surface area contributed by atoms with Crippen LogP contribution in [-0.4, -0.2) is 22.4 Å². The minimum Gasteiger partial charge on any atom is -0.352 e. The molecule has 5 nitrogen and oxygen atoms in total. The number of hydrogen-bond donors (Lipinski definition) is 2. The molecule has 0 fully saturated rings. The van der Waals surface area contributed by atoms with Crippen LogP contribution >= 0.6 is 0 Å². The van der Waals surface area contributed by atoms with Gasteiger partial charge in [-0.05, 0) is 6.07 Å². The first-order valence-electron chi connectivity index (χ1n) is 3.70. The third kappa shape index (κ3) is 2.26. The molecule has 12 heavy (non-hydrogen) atoms. The van der Waals surface area contributed by atoms with Crippen LogP contribution in [0.1, 0.15) is 5.69 Å². The molecular weight excluding hydrogens is 156 g/mol. The van der Waals surface area contributed by atoms with Crippen LogP contribution in [-0.2, 0) is 13.5 Å². The summed E-state index contributed by atoms with van der Waals surface area (Å²) in [6, 6.07) is 1.42. The van der Waals surface area contributed by atoms with Crippen molar-refractivity contribution < 1.29 is 4.79 Å². The summed E-state index contributed by atoms with van der Waals surface area (Å²) in [6.45, 7) is 0.550. The van der Waals surface area contributed by atoms with Crippen LogP contribution in [0.5, 0.6) is 0 Å². The second-order valence-electron chi connectivity index (χ2n) is 2.49. The quantitative estimate of drug-likeness (QED) is 0.646. The molecule has 0 unspecified atom stereocenters. The summed E-state index contributed by atoms with van der Waals surface area (Å²) >= 11 is 0. The largest absolute Gasteiger partial charge is 0.352 e. The summed E-state index contributed by atoms with van der Waals surface area (Å²) in [5.74, 6) is 0. The van der Waals surface area contributed by atoms with Gasteiger partial charge < -0.3 is 11.1 Å². The van der Waals surface area contributed by atoms with E-state index in [1.807, 2.05) is 13.1 Å². The first-order chi connectivity index (χ1) is 5.70. The summed E-state index contributed by atoms with van der Waals surface area (Å²) < 4.78 is 1.77. The van der Waals surface area contributed by atoms with Crippen LogP contribution in [0, 0.1) is 0 Å². The van der Waals surface area contributed by atoms with Gasteiger partial charge in [-0.25, -0.2) is 4.79 Å². The molecule has 0 bridgehead atoms. The number of nitrogens with zero attached hydrogens (tertiary/aromatic N) is 2. The lowest BCUT2D eigenvalue weighted by Gasteiger charge is -2.01. The maximum Gasteiger partial charge on any atom is 0.312 e. The molecule has 1 heterocycles. The number of primary amides is 1. The molecule has 2 amide bonds. The van der Waals surface area contributed by atoms with Crippen molar-refractivity contribution in [3.05, 3.63) is 18.0 Å². The fraction of sp³-hybridized carbons (Fsp3) is 0.429. The highest BCUT2D eigenvalue weighted by molar-refractivity contribution is 5.71. The van der Waals surface area contributed by atoms with Gasteiger partial charge in [0, 0.05) is 31.9 Å². The second-order valence-corrected chi connectivity index (χ2v) is 2.49. The summed E-state index contributed by atoms with van der Waals surface area (Å²) in [7, 11) is 1.86. The van der Waals surface area contributed by atoms with Crippen LogP contribution in [0.15, 0.2) is 12.3 Å². The highest BCUT2D eigenvalue weighted by atomic mass is 16.2. The summed E-state index contributed by atoms with van der Waals surface area (Å²) in [5.41, 5.74) is 5.97. The van der Waals surface area contributed by atoms with Crippen molar-refractivity contribution >= 4 is 6.03 Å². The number of rotatable bonds is 3. The van der Waals surface area contributed by atoms with Crippen LogP contribution < -0.4 is 11.1 Å². The van der Waals surface area contributed by atoms with E-state index in [1.54, 1.807) is 10.9 Å². The molecule has 0 saturated carbocycles. The minimum atomic E-state index is -0.489. The van der Waals surface area contributed by atoms with Crippen molar-refractivity contribution in [3.8, 4) is 0 Å². The standard InChI is InChI=1S/C7H12N4O/c1-11-6(3-5-10-11)2-4-9-7(8)12/h3,5H,2,4H2,1H3,(H3,8,9,12). The minimum absolute atomic E-state index is 0.489. The van der Waals surface area contributed by atoms with Crippen molar-refractivity contribution in [3.63, 3.8) is 0 Å². The number of hydrogen-bond acceptors (Lipinski definition) is 2. The maximum atomic E-state index is 10.3. The Labute approximate surface area is 70.5 Å². The molecular formula is C7H12N4O. The highest BCUT2D eigenvalue weighted by Crippen LogP contribution is 1.95. The molecule has 0 radical (unpaired) electrons. The summed E-state index contributed by atoms with van der Waals surface area (Å²) in [6.07, 6.45) is 2.47. The molecule has 0 aromatic carbocycles. The van der Waals surface area contributed by atoms with Crippen molar-refractivity contribution in [2.75, 3.05) is 6.54 Å². The molecule has 0 aliphatic heterocycles. The van der Waals surface area contributed by atoms with E-state index in [-0.39, 0.29) is 0 Å². The number of urea groups is 1. The number of nitrogens with two attached hydrogens (primary N) is 1. The average molecular weight is 168 g/mol. The number of carbonyl (C=O) groups is 1. The average Bonchev–Trinajstić information content (AvgIpc) is 2.36. The molecule has 66 valence electrons. The zero-order valence-corrected chi connectivity index (χ0v) is 6.95. The van der Waals surface area contributed by atoms with Crippen molar-refractivity contribution in [1.29, 1.82) is 0 Å². The van der Waals surface area contributed by atoms with Crippen molar-refractivity contribution in [2.45, 2.75) is 6.42 Å². The van der Waals surface area contributed by atoms with Gasteiger partial charge in [0.25, 0.3) is 0 Å². The van der Waals surface area contributed by atoms with Crippen LogP contribution in [0.4, 0.5) is 4.79 Å². The fourth-order valence-electron chi connectivity index (χ4n) is 0.960. The van der Waals surface area contributed by atoms with E-state index < -0.39 is 6.03 Å². The van der Waals surface area contributed by atoms with E-state index in [2.05, 4.69) is 10.4 Å². The molecule has 0 saturated heterocycles. The van der Waals surface area contributed by atoms with Gasteiger partial charge in [-0.15, -0.1) is 0 Å². The summed E-state index contributed by atoms with van der Waals surface area (Å²) in [5, 5.41) is 6.50. The maximum absolute atomic E-state index is 10.3. The van der Waals surface area contributed by atoms with Crippen LogP contribution in [0.3, 0.4) is 0 Å². The molecule has 5 heteroatoms. The van der Waals surface area contributed by atoms with Crippen LogP contribution in [0.2, 0.25) is 0 Å². The first-order valence-corrected chi connectivity index (χ1v) is 3.70. The number of aryl methyl sites for hydroxylation is 1. The Hall–Kier alpha value is -1.52. The Bertz CT molecular complexity index is 268. The third-order valence-corrected chi connectivity index (χ3v) is 1.60. The van der Waals surface area contributed by atoms with E-state index in [0.717, 1.165) is 12.1 Å². The Kier molecular flexibility index (Phi) is 2.68. The number of carbonyl (C=O) groups excluding carboxylic acids is 1. The second kappa shape index (κ2) is 3.75. The Morgan fingerprint density at radius 3 is 3.08 bits per heavy atom. The van der Waals surface area contributed by atoms with E-state index in [4.69, 9.17) is 5.73 Å². The van der Waals surface area contributed by atoms with Crippen molar-refractivity contribution in [1.82, 2.24) is 15.1 Å². The van der Waals surface area contributed by atoms with Gasteiger partial charge in [-0.2, -0.15) is 5.10 Å². The molecule has 1 rings (SSSR count). The number of amides is 2. The lowest BCUT2D eigenvalue weighted by atomic mass is 10.3. The SMILES string of the molecule is Cn1nccc1CCNC(N)=O. The van der Waals surface area contributed by atoms with E-state index in [0.29, 0.717) is 6.54 Å². The molecule has 0 spiro atoms. The Morgan fingerprint density at radius 1 is 1.83 bits per heavy atom. The topological polar surface area (TPSA) is 72.9 Å². The normalized spacial score (nSPS) is 9.75. The van der Waals surface area contributed by atoms with E-state index in [9.17, 15) is 4.79 Å². The third-order valence-electron chi connectivity index (χ3n) is 1.60. The number of nitrogens with one attached hydrogen (secondary N) is 1. The number of aromatic nitrogens is 2. The van der Waals surface area contributed by atoms with Gasteiger partial charge in [0.2, 0.25) is 0 Å². The highest BCUT2D eigenvalue weighted by Gasteiger charge is 1.97. The Morgan fingerprint density at radius 2 is 2.58 bits per heavy atom. The molecule has 0 aliphatic rings. The Balaban J connectivity index is 2.33. The zero-order chi connectivity index (χ0) is 8.97. The van der Waals surface area contributed by atoms with Crippen molar-refractivity contribution in [2.24, 2.45) is 12.8 Å². The first kappa shape index (κ1) is 8.58. The predicted molar refractivity (Wildman–Crippen MR) is 44.5 cm³/mol. The smallest absolute Gasteiger partial charge is 0.312 e. The molecule has 0 aliphatic carbocycles. The van der Waals surface area contributed by atoms with Gasteiger partial charge >= 0.3 is 6.03 Å². The molecule has 1 aromatic heterocycles. The van der Waals surface area contributed by atoms with E-state index in [1.165, 1.54) is 0 Å². The lowest BCUT2D eigenvalue weighted by molar-refractivity contribution is 0.249. The fourth-order valence-corrected chi connectivity index (χ4v) is 0.960. The monoisotopic (exact) mass is 168 g/mol. The molecule has 1 aromatic rings. The summed E-state index contributed by atoms with van der Waals surface area (Å²) in [4.78, 5) is 10.3. The molecule has 0 atom stereocenters. The van der Waals surface area contributed by atoms with Gasteiger partial charge in [-0.1, -0.05) is 0 Å². The van der Waals surface area contributed by atoms with Gasteiger partial charge in [0.15, 0.2) is 0 Å².